The number of amides is 2. The molecular formula is C19H16F2N2O6S. The van der Waals surface area contributed by atoms with Crippen molar-refractivity contribution in [2.45, 2.75) is 30.4 Å². The minimum atomic E-state index is -4.01. The van der Waals surface area contributed by atoms with Gasteiger partial charge in [-0.15, -0.1) is 0 Å². The number of carbonyl (C=O) groups excluding carboxylic acids is 2. The predicted molar refractivity (Wildman–Crippen MR) is 100 cm³/mol. The fraction of sp³-hybridized carbons (Fsp3) is 0.263. The molecule has 1 aliphatic carbocycles. The van der Waals surface area contributed by atoms with Crippen molar-refractivity contribution >= 4 is 27.5 Å². The maximum atomic E-state index is 12.7. The van der Waals surface area contributed by atoms with Crippen molar-refractivity contribution in [1.29, 1.82) is 0 Å². The van der Waals surface area contributed by atoms with Crippen LogP contribution in [0.3, 0.4) is 0 Å². The second-order valence-electron chi connectivity index (χ2n) is 6.75. The zero-order chi connectivity index (χ0) is 21.6. The van der Waals surface area contributed by atoms with Gasteiger partial charge in [-0.2, -0.15) is 8.78 Å². The van der Waals surface area contributed by atoms with E-state index in [9.17, 15) is 26.8 Å². The maximum Gasteiger partial charge on any atom is 0.387 e. The summed E-state index contributed by atoms with van der Waals surface area (Å²) < 4.78 is 60.7. The van der Waals surface area contributed by atoms with Gasteiger partial charge in [-0.05, 0) is 43.2 Å². The van der Waals surface area contributed by atoms with Gasteiger partial charge < -0.3 is 14.8 Å². The van der Waals surface area contributed by atoms with Crippen LogP contribution in [0.1, 0.15) is 33.6 Å². The van der Waals surface area contributed by atoms with Crippen LogP contribution in [0.2, 0.25) is 0 Å². The molecule has 0 atom stereocenters. The van der Waals surface area contributed by atoms with E-state index < -0.39 is 28.4 Å². The lowest BCUT2D eigenvalue weighted by molar-refractivity contribution is -0.0511. The highest BCUT2D eigenvalue weighted by Crippen LogP contribution is 2.40. The number of anilines is 1. The average Bonchev–Trinajstić information content (AvgIpc) is 3.49. The van der Waals surface area contributed by atoms with Crippen molar-refractivity contribution in [3.8, 4) is 11.5 Å². The standard InChI is InChI=1S/C19H16F2N2O6S/c1-28-14-7-3-11(9-15(14)29-19(20)21)22-17(24)10-2-6-13-16(8-10)30(26,27)23(18(13)25)12-4-5-12/h2-3,6-9,12,19H,4-5H2,1H3,(H,22,24). The van der Waals surface area contributed by atoms with E-state index >= 15 is 0 Å². The van der Waals surface area contributed by atoms with E-state index in [1.54, 1.807) is 0 Å². The topological polar surface area (TPSA) is 102 Å². The third kappa shape index (κ3) is 3.45. The number of sulfonamides is 1. The van der Waals surface area contributed by atoms with Gasteiger partial charge in [0.1, 0.15) is 4.90 Å². The molecule has 0 radical (unpaired) electrons. The molecule has 2 amide bonds. The van der Waals surface area contributed by atoms with Crippen LogP contribution in [0.5, 0.6) is 11.5 Å². The van der Waals surface area contributed by atoms with Gasteiger partial charge in [0.05, 0.1) is 12.7 Å². The summed E-state index contributed by atoms with van der Waals surface area (Å²) in [4.78, 5) is 24.8. The highest BCUT2D eigenvalue weighted by Gasteiger charge is 2.48. The Balaban J connectivity index is 1.60. The third-order valence-electron chi connectivity index (χ3n) is 4.73. The summed E-state index contributed by atoms with van der Waals surface area (Å²) >= 11 is 0. The molecule has 2 aromatic rings. The van der Waals surface area contributed by atoms with Crippen molar-refractivity contribution in [1.82, 2.24) is 4.31 Å². The number of methoxy groups -OCH3 is 1. The molecule has 0 saturated heterocycles. The Labute approximate surface area is 170 Å². The van der Waals surface area contributed by atoms with E-state index in [4.69, 9.17) is 4.74 Å². The van der Waals surface area contributed by atoms with Crippen LogP contribution < -0.4 is 14.8 Å². The number of nitrogens with one attached hydrogen (secondary N) is 1. The molecule has 8 nitrogen and oxygen atoms in total. The van der Waals surface area contributed by atoms with Crippen LogP contribution in [-0.2, 0) is 10.0 Å². The van der Waals surface area contributed by atoms with Gasteiger partial charge in [-0.25, -0.2) is 12.7 Å². The third-order valence-corrected chi connectivity index (χ3v) is 6.60. The van der Waals surface area contributed by atoms with Gasteiger partial charge in [0.2, 0.25) is 0 Å². The van der Waals surface area contributed by atoms with Gasteiger partial charge >= 0.3 is 6.61 Å². The zero-order valence-corrected chi connectivity index (χ0v) is 16.4. The Kier molecular flexibility index (Phi) is 4.85. The lowest BCUT2D eigenvalue weighted by Crippen LogP contribution is -2.31. The minimum absolute atomic E-state index is 0.00471. The Morgan fingerprint density at radius 3 is 2.53 bits per heavy atom. The average molecular weight is 438 g/mol. The van der Waals surface area contributed by atoms with Gasteiger partial charge in [-0.3, -0.25) is 9.59 Å². The molecule has 0 aromatic heterocycles. The van der Waals surface area contributed by atoms with Crippen LogP contribution in [0.15, 0.2) is 41.3 Å². The number of benzene rings is 2. The van der Waals surface area contributed by atoms with Gasteiger partial charge in [0.25, 0.3) is 21.8 Å². The molecule has 0 unspecified atom stereocenters. The Hall–Kier alpha value is -3.21. The van der Waals surface area contributed by atoms with E-state index in [1.165, 1.54) is 31.4 Å². The second kappa shape index (κ2) is 7.24. The summed E-state index contributed by atoms with van der Waals surface area (Å²) in [7, 11) is -2.73. The van der Waals surface area contributed by atoms with Gasteiger partial charge in [-0.1, -0.05) is 0 Å². The molecule has 1 fully saturated rings. The lowest BCUT2D eigenvalue weighted by atomic mass is 10.1. The van der Waals surface area contributed by atoms with E-state index in [2.05, 4.69) is 10.1 Å². The van der Waals surface area contributed by atoms with Gasteiger partial charge in [0.15, 0.2) is 11.5 Å². The molecule has 1 aliphatic heterocycles. The van der Waals surface area contributed by atoms with Crippen LogP contribution in [-0.4, -0.2) is 44.3 Å². The van der Waals surface area contributed by atoms with E-state index in [1.807, 2.05) is 0 Å². The van der Waals surface area contributed by atoms with Crippen LogP contribution in [0, 0.1) is 0 Å². The second-order valence-corrected chi connectivity index (χ2v) is 8.53. The number of carbonyl (C=O) groups is 2. The fourth-order valence-electron chi connectivity index (χ4n) is 3.20. The van der Waals surface area contributed by atoms with E-state index in [0.717, 1.165) is 16.4 Å². The summed E-state index contributed by atoms with van der Waals surface area (Å²) in [6.45, 7) is -3.08. The van der Waals surface area contributed by atoms with Crippen molar-refractivity contribution in [3.05, 3.63) is 47.5 Å². The maximum absolute atomic E-state index is 12.7. The number of hydrogen-bond donors (Lipinski definition) is 1. The summed E-state index contributed by atoms with van der Waals surface area (Å²) in [6.07, 6.45) is 1.24. The quantitative estimate of drug-likeness (QED) is 0.744. The number of rotatable bonds is 6. The Bertz CT molecular complexity index is 1150. The highest BCUT2D eigenvalue weighted by molar-refractivity contribution is 7.90. The smallest absolute Gasteiger partial charge is 0.387 e. The van der Waals surface area contributed by atoms with Crippen molar-refractivity contribution in [2.75, 3.05) is 12.4 Å². The molecule has 0 spiro atoms. The molecule has 11 heteroatoms. The zero-order valence-electron chi connectivity index (χ0n) is 15.6. The summed E-state index contributed by atoms with van der Waals surface area (Å²) in [6, 6.07) is 7.35. The van der Waals surface area contributed by atoms with Crippen LogP contribution in [0.4, 0.5) is 14.5 Å². The fourth-order valence-corrected chi connectivity index (χ4v) is 5.05. The number of alkyl halides is 2. The number of fused-ring (bicyclic) bond motifs is 1. The number of ether oxygens (including phenoxy) is 2. The van der Waals surface area contributed by atoms with Crippen molar-refractivity contribution in [3.63, 3.8) is 0 Å². The summed E-state index contributed by atoms with van der Waals surface area (Å²) in [5.74, 6) is -1.50. The van der Waals surface area contributed by atoms with E-state index in [0.29, 0.717) is 12.8 Å². The molecule has 1 saturated carbocycles. The van der Waals surface area contributed by atoms with Crippen molar-refractivity contribution < 1.29 is 36.3 Å². The predicted octanol–water partition coefficient (Wildman–Crippen LogP) is 2.86. The molecule has 1 heterocycles. The van der Waals surface area contributed by atoms with E-state index in [-0.39, 0.29) is 39.3 Å². The monoisotopic (exact) mass is 438 g/mol. The first-order valence-electron chi connectivity index (χ1n) is 8.89. The van der Waals surface area contributed by atoms with Crippen molar-refractivity contribution in [2.24, 2.45) is 0 Å². The number of nitrogens with zero attached hydrogens (tertiary/aromatic N) is 1. The molecule has 2 aromatic carbocycles. The molecule has 4 rings (SSSR count). The first kappa shape index (κ1) is 20.1. The lowest BCUT2D eigenvalue weighted by Gasteiger charge is -2.13. The first-order chi connectivity index (χ1) is 14.2. The largest absolute Gasteiger partial charge is 0.493 e. The van der Waals surface area contributed by atoms with Crippen LogP contribution >= 0.6 is 0 Å². The Morgan fingerprint density at radius 2 is 1.90 bits per heavy atom. The first-order valence-corrected chi connectivity index (χ1v) is 10.3. The van der Waals surface area contributed by atoms with Gasteiger partial charge in [0, 0.05) is 23.4 Å². The van der Waals surface area contributed by atoms with Crippen LogP contribution in [0.25, 0.3) is 0 Å². The number of halogens is 2. The number of hydrogen-bond acceptors (Lipinski definition) is 6. The molecule has 0 bridgehead atoms. The Morgan fingerprint density at radius 1 is 1.17 bits per heavy atom. The molecular weight excluding hydrogens is 422 g/mol. The normalized spacial score (nSPS) is 17.1. The minimum Gasteiger partial charge on any atom is -0.493 e. The highest BCUT2D eigenvalue weighted by atomic mass is 32.2. The summed E-state index contributed by atoms with van der Waals surface area (Å²) in [5.41, 5.74) is 0.154. The SMILES string of the molecule is COc1ccc(NC(=O)c2ccc3c(c2)S(=O)(=O)N(C2CC2)C3=O)cc1OC(F)F. The molecule has 158 valence electrons. The molecule has 2 aliphatic rings. The summed E-state index contributed by atoms with van der Waals surface area (Å²) in [5, 5.41) is 2.49. The molecule has 30 heavy (non-hydrogen) atoms. The molecule has 1 N–H and O–H groups in total.